The van der Waals surface area contributed by atoms with Crippen molar-refractivity contribution in [1.29, 1.82) is 0 Å². The van der Waals surface area contributed by atoms with E-state index >= 15 is 0 Å². The van der Waals surface area contributed by atoms with Crippen molar-refractivity contribution in [3.63, 3.8) is 0 Å². The molecule has 2 aliphatic heterocycles. The maximum atomic E-state index is 9.12. The number of hydrogen-bond acceptors (Lipinski definition) is 4. The first-order valence-corrected chi connectivity index (χ1v) is 2.84. The predicted molar refractivity (Wildman–Crippen MR) is 33.8 cm³/mol. The van der Waals surface area contributed by atoms with Gasteiger partial charge in [0.1, 0.15) is 0 Å². The largest absolute Gasteiger partial charge is 0.281 e. The van der Waals surface area contributed by atoms with E-state index in [1.807, 2.05) is 0 Å². The Morgan fingerprint density at radius 1 is 1.70 bits per heavy atom. The van der Waals surface area contributed by atoms with Crippen LogP contribution in [0.15, 0.2) is 29.7 Å². The Bertz CT molecular complexity index is 256. The zero-order valence-electron chi connectivity index (χ0n) is 5.18. The van der Waals surface area contributed by atoms with Crippen LogP contribution in [-0.4, -0.2) is 20.9 Å². The van der Waals surface area contributed by atoms with Crippen LogP contribution in [0.2, 0.25) is 0 Å². The van der Waals surface area contributed by atoms with E-state index in [1.54, 1.807) is 18.5 Å². The third kappa shape index (κ3) is 0.445. The SMILES string of the molecule is N[N+]12C=CN=C1C=CN2O. The zero-order chi connectivity index (χ0) is 7.19. The Labute approximate surface area is 57.5 Å². The van der Waals surface area contributed by atoms with Crippen LogP contribution >= 0.6 is 0 Å². The van der Waals surface area contributed by atoms with Crippen molar-refractivity contribution in [2.75, 3.05) is 0 Å². The second-order valence-corrected chi connectivity index (χ2v) is 2.16. The van der Waals surface area contributed by atoms with E-state index in [0.717, 1.165) is 5.17 Å². The van der Waals surface area contributed by atoms with Crippen LogP contribution in [0.5, 0.6) is 0 Å². The molecule has 5 heteroatoms. The molecular formula is C5H7N4O+. The zero-order valence-corrected chi connectivity index (χ0v) is 5.18. The third-order valence-corrected chi connectivity index (χ3v) is 1.56. The van der Waals surface area contributed by atoms with Gasteiger partial charge >= 0.3 is 0 Å². The molecule has 10 heavy (non-hydrogen) atoms. The highest BCUT2D eigenvalue weighted by Crippen LogP contribution is 2.19. The molecule has 0 aliphatic carbocycles. The topological polar surface area (TPSA) is 61.8 Å². The molecule has 3 N–H and O–H groups in total. The van der Waals surface area contributed by atoms with E-state index in [2.05, 4.69) is 4.99 Å². The molecule has 0 amide bonds. The predicted octanol–water partition coefficient (Wildman–Crippen LogP) is -0.306. The quantitative estimate of drug-likeness (QED) is 0.357. The monoisotopic (exact) mass is 139 g/mol. The lowest BCUT2D eigenvalue weighted by Gasteiger charge is -2.23. The lowest BCUT2D eigenvalue weighted by Crippen LogP contribution is -2.57. The standard InChI is InChI=1S/C5H7N4O/c6-9-4-2-7-5(9)1-3-8(9)10/h1-4,10H,6H2/q+1. The number of aliphatic imine (C=N–C) groups is 1. The summed E-state index contributed by atoms with van der Waals surface area (Å²) >= 11 is 0. The van der Waals surface area contributed by atoms with Crippen LogP contribution in [0.1, 0.15) is 0 Å². The van der Waals surface area contributed by atoms with Gasteiger partial charge in [0.15, 0.2) is 6.20 Å². The number of amidine groups is 1. The Balaban J connectivity index is 2.48. The van der Waals surface area contributed by atoms with Gasteiger partial charge < -0.3 is 0 Å². The molecule has 0 aromatic rings. The molecule has 2 rings (SSSR count). The Morgan fingerprint density at radius 3 is 3.20 bits per heavy atom. The molecule has 0 radical (unpaired) electrons. The maximum Gasteiger partial charge on any atom is 0.281 e. The number of nitrogens with zero attached hydrogens (tertiary/aromatic N) is 3. The first kappa shape index (κ1) is 5.60. The van der Waals surface area contributed by atoms with Crippen LogP contribution in [0, 0.1) is 0 Å². The second kappa shape index (κ2) is 1.46. The van der Waals surface area contributed by atoms with Gasteiger partial charge in [-0.2, -0.15) is 4.99 Å². The summed E-state index contributed by atoms with van der Waals surface area (Å²) in [6.07, 6.45) is 6.25. The molecule has 0 saturated heterocycles. The first-order chi connectivity index (χ1) is 4.73. The first-order valence-electron chi connectivity index (χ1n) is 2.84. The van der Waals surface area contributed by atoms with E-state index < -0.39 is 0 Å². The smallest absolute Gasteiger partial charge is 0.242 e. The van der Waals surface area contributed by atoms with Crippen molar-refractivity contribution in [1.82, 2.24) is 5.17 Å². The highest BCUT2D eigenvalue weighted by Gasteiger charge is 2.40. The summed E-state index contributed by atoms with van der Waals surface area (Å²) in [5.41, 5.74) is 0. The molecule has 1 unspecified atom stereocenters. The molecule has 0 bridgehead atoms. The van der Waals surface area contributed by atoms with E-state index in [9.17, 15) is 0 Å². The summed E-state index contributed by atoms with van der Waals surface area (Å²) in [4.78, 5) is 3.91. The van der Waals surface area contributed by atoms with Crippen LogP contribution in [-0.2, 0) is 0 Å². The normalized spacial score (nSPS) is 35.0. The molecule has 2 aliphatic rings. The van der Waals surface area contributed by atoms with Gasteiger partial charge in [-0.05, 0) is 4.70 Å². The van der Waals surface area contributed by atoms with Crippen molar-refractivity contribution in [3.8, 4) is 0 Å². The van der Waals surface area contributed by atoms with E-state index in [0.29, 0.717) is 5.84 Å². The van der Waals surface area contributed by atoms with E-state index in [1.165, 1.54) is 6.20 Å². The summed E-state index contributed by atoms with van der Waals surface area (Å²) in [5.74, 6) is 6.25. The van der Waals surface area contributed by atoms with Gasteiger partial charge in [0.05, 0.1) is 12.4 Å². The second-order valence-electron chi connectivity index (χ2n) is 2.16. The Kier molecular flexibility index (Phi) is 0.817. The summed E-state index contributed by atoms with van der Waals surface area (Å²) in [6.45, 7) is 0. The minimum Gasteiger partial charge on any atom is -0.242 e. The van der Waals surface area contributed by atoms with Crippen molar-refractivity contribution < 1.29 is 9.91 Å². The molecule has 2 heterocycles. The maximum absolute atomic E-state index is 9.12. The fourth-order valence-corrected chi connectivity index (χ4v) is 0.960. The van der Waals surface area contributed by atoms with Crippen LogP contribution in [0.25, 0.3) is 0 Å². The fourth-order valence-electron chi connectivity index (χ4n) is 0.960. The van der Waals surface area contributed by atoms with E-state index in [4.69, 9.17) is 11.0 Å². The van der Waals surface area contributed by atoms with Gasteiger partial charge in [-0.25, -0.2) is 5.21 Å². The lowest BCUT2D eigenvalue weighted by atomic mass is 10.6. The average Bonchev–Trinajstić information content (AvgIpc) is 2.36. The van der Waals surface area contributed by atoms with Crippen molar-refractivity contribution in [2.45, 2.75) is 0 Å². The Morgan fingerprint density at radius 2 is 2.50 bits per heavy atom. The lowest BCUT2D eigenvalue weighted by molar-refractivity contribution is -0.951. The van der Waals surface area contributed by atoms with Gasteiger partial charge in [0.2, 0.25) is 0 Å². The number of fused-ring (bicyclic) bond motifs is 1. The summed E-state index contributed by atoms with van der Waals surface area (Å²) in [5, 5.41) is 10.00. The summed E-state index contributed by atoms with van der Waals surface area (Å²) < 4.78 is -0.250. The highest BCUT2D eigenvalue weighted by molar-refractivity contribution is 5.89. The van der Waals surface area contributed by atoms with Crippen LogP contribution in [0.3, 0.4) is 0 Å². The molecule has 0 fully saturated rings. The van der Waals surface area contributed by atoms with Gasteiger partial charge in [-0.1, -0.05) is 5.17 Å². The van der Waals surface area contributed by atoms with Crippen molar-refractivity contribution in [3.05, 3.63) is 24.7 Å². The summed E-state index contributed by atoms with van der Waals surface area (Å²) in [7, 11) is 0. The number of nitrogens with two attached hydrogens (primary N) is 1. The molecule has 5 nitrogen and oxygen atoms in total. The average molecular weight is 139 g/mol. The molecule has 0 spiro atoms. The van der Waals surface area contributed by atoms with Crippen LogP contribution in [0.4, 0.5) is 0 Å². The van der Waals surface area contributed by atoms with Gasteiger partial charge in [-0.3, -0.25) is 0 Å². The minimum atomic E-state index is -0.250. The van der Waals surface area contributed by atoms with Crippen molar-refractivity contribution >= 4 is 5.84 Å². The number of hydrogen-bond donors (Lipinski definition) is 2. The minimum absolute atomic E-state index is 0.250. The number of hydroxylamine groups is 1. The third-order valence-electron chi connectivity index (χ3n) is 1.56. The molecule has 0 saturated carbocycles. The molecule has 0 aromatic heterocycles. The van der Waals surface area contributed by atoms with E-state index in [-0.39, 0.29) is 4.70 Å². The van der Waals surface area contributed by atoms with Crippen LogP contribution < -0.4 is 5.84 Å². The van der Waals surface area contributed by atoms with Gasteiger partial charge in [-0.15, -0.1) is 5.84 Å². The molecule has 0 aromatic carbocycles. The number of rotatable bonds is 0. The Hall–Kier alpha value is -1.17. The molecule has 1 atom stereocenters. The van der Waals surface area contributed by atoms with Gasteiger partial charge in [0.25, 0.3) is 5.84 Å². The molecular weight excluding hydrogens is 132 g/mol. The van der Waals surface area contributed by atoms with Crippen molar-refractivity contribution in [2.24, 2.45) is 10.8 Å². The molecule has 52 valence electrons. The number of quaternary nitrogens is 1. The fraction of sp³-hybridized carbons (Fsp3) is 0. The summed E-state index contributed by atoms with van der Waals surface area (Å²) in [6, 6.07) is 0. The highest BCUT2D eigenvalue weighted by atomic mass is 16.6. The van der Waals surface area contributed by atoms with Gasteiger partial charge in [0, 0.05) is 6.08 Å².